The lowest BCUT2D eigenvalue weighted by atomic mass is 10.3. The monoisotopic (exact) mass is 243 g/mol. The molecular weight excluding hydrogens is 233 g/mol. The molecule has 0 saturated carbocycles. The molecule has 2 rings (SSSR count). The minimum atomic E-state index is 0.355. The molecule has 1 atom stereocenters. The van der Waals surface area contributed by atoms with Crippen LogP contribution in [-0.4, -0.2) is 18.5 Å². The minimum absolute atomic E-state index is 0.355. The van der Waals surface area contributed by atoms with Crippen molar-refractivity contribution in [3.8, 4) is 0 Å². The average Bonchev–Trinajstić information content (AvgIpc) is 2.58. The van der Waals surface area contributed by atoms with E-state index in [1.165, 1.54) is 0 Å². The van der Waals surface area contributed by atoms with Gasteiger partial charge in [0.2, 0.25) is 0 Å². The third kappa shape index (κ3) is 2.36. The summed E-state index contributed by atoms with van der Waals surface area (Å²) in [6, 6.07) is 5.74. The number of rotatable bonds is 1. The van der Waals surface area contributed by atoms with Crippen LogP contribution >= 0.6 is 23.2 Å². The predicted octanol–water partition coefficient (Wildman–Crippen LogP) is 2.75. The molecule has 80 valence electrons. The third-order valence-electron chi connectivity index (χ3n) is 2.11. The van der Waals surface area contributed by atoms with Crippen LogP contribution in [0.2, 0.25) is 10.0 Å². The maximum Gasteiger partial charge on any atom is 0.196 e. The van der Waals surface area contributed by atoms with E-state index in [9.17, 15) is 0 Å². The van der Waals surface area contributed by atoms with Crippen molar-refractivity contribution in [3.63, 3.8) is 0 Å². The molecular formula is C10H11Cl2N3. The van der Waals surface area contributed by atoms with Crippen LogP contribution in [0.25, 0.3) is 0 Å². The average molecular weight is 244 g/mol. The SMILES string of the molecule is C[C@H]1CN=C(Nc2c(Cl)cccc2Cl)N1. The van der Waals surface area contributed by atoms with Gasteiger partial charge in [-0.25, -0.2) is 0 Å². The fourth-order valence-corrected chi connectivity index (χ4v) is 1.86. The van der Waals surface area contributed by atoms with Crippen molar-refractivity contribution < 1.29 is 0 Å². The Morgan fingerprint density at radius 3 is 2.60 bits per heavy atom. The first-order valence-corrected chi connectivity index (χ1v) is 5.44. The second-order valence-electron chi connectivity index (χ2n) is 3.46. The first kappa shape index (κ1) is 10.6. The highest BCUT2D eigenvalue weighted by Crippen LogP contribution is 2.29. The Hall–Kier alpha value is -0.930. The second-order valence-corrected chi connectivity index (χ2v) is 4.27. The number of nitrogens with zero attached hydrogens (tertiary/aromatic N) is 1. The Kier molecular flexibility index (Phi) is 3.03. The highest BCUT2D eigenvalue weighted by atomic mass is 35.5. The van der Waals surface area contributed by atoms with Gasteiger partial charge in [-0.1, -0.05) is 29.3 Å². The highest BCUT2D eigenvalue weighted by molar-refractivity contribution is 6.39. The van der Waals surface area contributed by atoms with E-state index in [1.54, 1.807) is 12.1 Å². The van der Waals surface area contributed by atoms with Crippen LogP contribution in [-0.2, 0) is 0 Å². The fraction of sp³-hybridized carbons (Fsp3) is 0.300. The number of hydrogen-bond acceptors (Lipinski definition) is 3. The number of aliphatic imine (C=N–C) groups is 1. The summed E-state index contributed by atoms with van der Waals surface area (Å²) in [4.78, 5) is 4.27. The molecule has 15 heavy (non-hydrogen) atoms. The van der Waals surface area contributed by atoms with Gasteiger partial charge in [-0.3, -0.25) is 4.99 Å². The lowest BCUT2D eigenvalue weighted by Crippen LogP contribution is -2.32. The lowest BCUT2D eigenvalue weighted by Gasteiger charge is -2.11. The molecule has 0 saturated heterocycles. The molecule has 0 fully saturated rings. The van der Waals surface area contributed by atoms with E-state index >= 15 is 0 Å². The predicted molar refractivity (Wildman–Crippen MR) is 65.0 cm³/mol. The second kappa shape index (κ2) is 4.29. The summed E-state index contributed by atoms with van der Waals surface area (Å²) in [6.45, 7) is 2.83. The van der Waals surface area contributed by atoms with E-state index in [-0.39, 0.29) is 0 Å². The first-order valence-electron chi connectivity index (χ1n) is 4.69. The molecule has 1 heterocycles. The molecule has 0 spiro atoms. The molecule has 3 nitrogen and oxygen atoms in total. The number of anilines is 1. The zero-order chi connectivity index (χ0) is 10.8. The van der Waals surface area contributed by atoms with Crippen molar-refractivity contribution in [1.29, 1.82) is 0 Å². The standard InChI is InChI=1S/C10H11Cl2N3/c1-6-5-13-10(14-6)15-9-7(11)3-2-4-8(9)12/h2-4,6H,5H2,1H3,(H2,13,14,15)/t6-/m0/s1. The summed E-state index contributed by atoms with van der Waals surface area (Å²) in [6.07, 6.45) is 0. The molecule has 5 heteroatoms. The van der Waals surface area contributed by atoms with Gasteiger partial charge >= 0.3 is 0 Å². The highest BCUT2D eigenvalue weighted by Gasteiger charge is 2.14. The molecule has 2 N–H and O–H groups in total. The Balaban J connectivity index is 2.18. The summed E-state index contributed by atoms with van der Waals surface area (Å²) in [5.74, 6) is 0.720. The van der Waals surface area contributed by atoms with E-state index in [4.69, 9.17) is 23.2 Å². The number of guanidine groups is 1. The van der Waals surface area contributed by atoms with E-state index in [0.717, 1.165) is 12.5 Å². The Morgan fingerprint density at radius 1 is 1.40 bits per heavy atom. The normalized spacial score (nSPS) is 19.7. The van der Waals surface area contributed by atoms with Crippen LogP contribution in [0.4, 0.5) is 5.69 Å². The summed E-state index contributed by atoms with van der Waals surface area (Å²) in [7, 11) is 0. The van der Waals surface area contributed by atoms with Gasteiger partial charge < -0.3 is 10.6 Å². The van der Waals surface area contributed by atoms with E-state index in [2.05, 4.69) is 22.5 Å². The maximum atomic E-state index is 6.01. The van der Waals surface area contributed by atoms with Crippen LogP contribution < -0.4 is 10.6 Å². The summed E-state index contributed by atoms with van der Waals surface area (Å²) in [5, 5.41) is 7.44. The summed E-state index contributed by atoms with van der Waals surface area (Å²) < 4.78 is 0. The largest absolute Gasteiger partial charge is 0.352 e. The Morgan fingerprint density at radius 2 is 2.07 bits per heavy atom. The van der Waals surface area contributed by atoms with Gasteiger partial charge in [0, 0.05) is 6.04 Å². The zero-order valence-corrected chi connectivity index (χ0v) is 9.73. The quantitative estimate of drug-likeness (QED) is 0.796. The van der Waals surface area contributed by atoms with Crippen LogP contribution in [0, 0.1) is 0 Å². The van der Waals surface area contributed by atoms with Gasteiger partial charge in [-0.15, -0.1) is 0 Å². The van der Waals surface area contributed by atoms with Gasteiger partial charge in [0.05, 0.1) is 22.3 Å². The van der Waals surface area contributed by atoms with Gasteiger partial charge in [-0.2, -0.15) is 0 Å². The molecule has 0 radical (unpaired) electrons. The minimum Gasteiger partial charge on any atom is -0.352 e. The number of hydrogen-bond donors (Lipinski definition) is 2. The number of halogens is 2. The van der Waals surface area contributed by atoms with Crippen molar-refractivity contribution in [3.05, 3.63) is 28.2 Å². The van der Waals surface area contributed by atoms with E-state index in [1.807, 2.05) is 6.07 Å². The van der Waals surface area contributed by atoms with Crippen LogP contribution in [0.15, 0.2) is 23.2 Å². The van der Waals surface area contributed by atoms with Crippen molar-refractivity contribution in [2.45, 2.75) is 13.0 Å². The van der Waals surface area contributed by atoms with Crippen molar-refractivity contribution in [1.82, 2.24) is 5.32 Å². The van der Waals surface area contributed by atoms with Crippen LogP contribution in [0.3, 0.4) is 0 Å². The molecule has 1 aromatic rings. The van der Waals surface area contributed by atoms with Crippen LogP contribution in [0.5, 0.6) is 0 Å². The molecule has 1 aromatic carbocycles. The topological polar surface area (TPSA) is 36.4 Å². The van der Waals surface area contributed by atoms with Crippen molar-refractivity contribution >= 4 is 34.8 Å². The lowest BCUT2D eigenvalue weighted by molar-refractivity contribution is 0.725. The zero-order valence-electron chi connectivity index (χ0n) is 8.22. The Labute approximate surface area is 98.5 Å². The van der Waals surface area contributed by atoms with Crippen molar-refractivity contribution in [2.75, 3.05) is 11.9 Å². The van der Waals surface area contributed by atoms with Gasteiger partial charge in [0.1, 0.15) is 0 Å². The van der Waals surface area contributed by atoms with E-state index < -0.39 is 0 Å². The number of benzene rings is 1. The van der Waals surface area contributed by atoms with Gasteiger partial charge in [0.25, 0.3) is 0 Å². The number of para-hydroxylation sites is 1. The number of nitrogens with one attached hydrogen (secondary N) is 2. The molecule has 0 amide bonds. The molecule has 0 aliphatic carbocycles. The molecule has 1 aliphatic heterocycles. The van der Waals surface area contributed by atoms with E-state index in [0.29, 0.717) is 21.8 Å². The van der Waals surface area contributed by atoms with Crippen LogP contribution in [0.1, 0.15) is 6.92 Å². The van der Waals surface area contributed by atoms with Crippen molar-refractivity contribution in [2.24, 2.45) is 4.99 Å². The summed E-state index contributed by atoms with van der Waals surface area (Å²) >= 11 is 12.0. The fourth-order valence-electron chi connectivity index (χ4n) is 1.36. The maximum absolute atomic E-state index is 6.01. The first-order chi connectivity index (χ1) is 7.16. The molecule has 0 unspecified atom stereocenters. The smallest absolute Gasteiger partial charge is 0.196 e. The molecule has 0 aromatic heterocycles. The Bertz CT molecular complexity index is 383. The van der Waals surface area contributed by atoms with Gasteiger partial charge in [-0.05, 0) is 19.1 Å². The van der Waals surface area contributed by atoms with Gasteiger partial charge in [0.15, 0.2) is 5.96 Å². The summed E-state index contributed by atoms with van der Waals surface area (Å²) in [5.41, 5.74) is 0.696. The third-order valence-corrected chi connectivity index (χ3v) is 2.74. The molecule has 0 bridgehead atoms. The molecule has 1 aliphatic rings.